The number of morpholine rings is 1. The molecule has 0 bridgehead atoms. The van der Waals surface area contributed by atoms with Crippen LogP contribution in [0.2, 0.25) is 0 Å². The number of nitrogens with zero attached hydrogens (tertiary/aromatic N) is 4. The fourth-order valence-corrected chi connectivity index (χ4v) is 4.96. The summed E-state index contributed by atoms with van der Waals surface area (Å²) < 4.78 is 52.8. The van der Waals surface area contributed by atoms with Crippen LogP contribution in [0.5, 0.6) is 0 Å². The quantitative estimate of drug-likeness (QED) is 0.513. The number of rotatable bonds is 2. The molecule has 0 spiro atoms. The molecule has 35 heavy (non-hydrogen) atoms. The number of carbonyl (C=O) groups is 1. The number of halogens is 3. The van der Waals surface area contributed by atoms with Gasteiger partial charge in [-0.25, -0.2) is 14.3 Å². The molecule has 2 aliphatic rings. The maximum absolute atomic E-state index is 13.1. The van der Waals surface area contributed by atoms with Crippen LogP contribution in [0.4, 0.5) is 18.0 Å². The van der Waals surface area contributed by atoms with Crippen LogP contribution in [0.1, 0.15) is 89.4 Å². The van der Waals surface area contributed by atoms with Crippen molar-refractivity contribution in [2.75, 3.05) is 13.2 Å². The third kappa shape index (κ3) is 5.57. The van der Waals surface area contributed by atoms with Gasteiger partial charge >= 0.3 is 12.3 Å². The van der Waals surface area contributed by atoms with Gasteiger partial charge in [-0.3, -0.25) is 4.90 Å². The smallest absolute Gasteiger partial charge is 0.410 e. The first-order chi connectivity index (χ1) is 16.1. The second-order valence-corrected chi connectivity index (χ2v) is 11.5. The molecule has 1 aliphatic heterocycles. The summed E-state index contributed by atoms with van der Waals surface area (Å²) in [6.07, 6.45) is -3.86. The Balaban J connectivity index is 1.60. The van der Waals surface area contributed by atoms with Crippen LogP contribution in [-0.2, 0) is 9.47 Å². The van der Waals surface area contributed by atoms with E-state index in [1.54, 1.807) is 9.42 Å². The minimum Gasteiger partial charge on any atom is -0.444 e. The number of amides is 1. The molecule has 0 radical (unpaired) electrons. The predicted molar refractivity (Wildman–Crippen MR) is 124 cm³/mol. The topological polar surface area (TPSA) is 69.0 Å². The summed E-state index contributed by atoms with van der Waals surface area (Å²) in [5.74, 6) is -1.27. The van der Waals surface area contributed by atoms with Crippen molar-refractivity contribution in [3.05, 3.63) is 29.2 Å². The lowest BCUT2D eigenvalue weighted by Gasteiger charge is -2.45. The molecule has 2 fully saturated rings. The van der Waals surface area contributed by atoms with Crippen molar-refractivity contribution in [2.24, 2.45) is 5.92 Å². The second kappa shape index (κ2) is 8.94. The maximum Gasteiger partial charge on any atom is 0.410 e. The third-order valence-corrected chi connectivity index (χ3v) is 6.87. The number of ether oxygens (including phenoxy) is 2. The molecule has 2 aromatic heterocycles. The molecule has 1 aliphatic carbocycles. The van der Waals surface area contributed by atoms with Gasteiger partial charge in [-0.05, 0) is 73.3 Å². The van der Waals surface area contributed by atoms with Gasteiger partial charge in [-0.15, -0.1) is 0 Å². The normalized spacial score (nSPS) is 25.6. The van der Waals surface area contributed by atoms with Crippen LogP contribution in [0.15, 0.2) is 12.1 Å². The first kappa shape index (κ1) is 25.7. The highest BCUT2D eigenvalue weighted by Crippen LogP contribution is 2.43. The van der Waals surface area contributed by atoms with Gasteiger partial charge in [0.05, 0.1) is 36.0 Å². The van der Waals surface area contributed by atoms with E-state index in [1.165, 1.54) is 0 Å². The number of aromatic nitrogens is 3. The average Bonchev–Trinajstić information content (AvgIpc) is 3.15. The zero-order chi connectivity index (χ0) is 25.8. The number of aryl methyl sites for hydroxylation is 1. The van der Waals surface area contributed by atoms with Crippen molar-refractivity contribution in [3.8, 4) is 0 Å². The molecule has 0 aromatic carbocycles. The second-order valence-electron chi connectivity index (χ2n) is 11.5. The monoisotopic (exact) mass is 496 g/mol. The molecule has 1 atom stereocenters. The fourth-order valence-electron chi connectivity index (χ4n) is 4.96. The van der Waals surface area contributed by atoms with Crippen molar-refractivity contribution in [3.63, 3.8) is 0 Å². The van der Waals surface area contributed by atoms with Crippen LogP contribution in [0.25, 0.3) is 5.65 Å². The SMILES string of the molecule is Cc1cc([C@H]2CN(C(=O)OC(C)(C)C)C(C)(C)CO2)n2nc(C3CCC(C(F)(F)F)CC3)cc2n1. The van der Waals surface area contributed by atoms with Crippen molar-refractivity contribution in [1.82, 2.24) is 19.5 Å². The number of carbonyl (C=O) groups excluding carboxylic acids is 1. The van der Waals surface area contributed by atoms with Gasteiger partial charge in [-0.2, -0.15) is 18.3 Å². The van der Waals surface area contributed by atoms with E-state index in [4.69, 9.17) is 14.6 Å². The average molecular weight is 497 g/mol. The summed E-state index contributed by atoms with van der Waals surface area (Å²) in [6, 6.07) is 3.76. The molecule has 0 N–H and O–H groups in total. The van der Waals surface area contributed by atoms with E-state index in [0.29, 0.717) is 25.1 Å². The van der Waals surface area contributed by atoms with Gasteiger partial charge in [-0.1, -0.05) is 0 Å². The van der Waals surface area contributed by atoms with Crippen molar-refractivity contribution in [2.45, 2.75) is 96.6 Å². The summed E-state index contributed by atoms with van der Waals surface area (Å²) in [5.41, 5.74) is 1.75. The molecular weight excluding hydrogens is 461 g/mol. The molecule has 2 aromatic rings. The Kier molecular flexibility index (Phi) is 6.57. The lowest BCUT2D eigenvalue weighted by Crippen LogP contribution is -2.57. The molecule has 4 rings (SSSR count). The minimum atomic E-state index is -4.14. The molecule has 3 heterocycles. The van der Waals surface area contributed by atoms with E-state index in [0.717, 1.165) is 17.1 Å². The zero-order valence-corrected chi connectivity index (χ0v) is 21.3. The molecule has 1 amide bonds. The Morgan fingerprint density at radius 3 is 2.40 bits per heavy atom. The number of hydrogen-bond acceptors (Lipinski definition) is 5. The van der Waals surface area contributed by atoms with Gasteiger partial charge in [0.25, 0.3) is 0 Å². The largest absolute Gasteiger partial charge is 0.444 e. The standard InChI is InChI=1S/C25H35F3N4O3/c1-15-11-19(20-13-31(24(5,6)14-34-20)22(33)35-23(2,3)4)32-21(29-15)12-18(30-32)16-7-9-17(10-8-16)25(26,27)28/h11-12,16-17,20H,7-10,13-14H2,1-6H3/t16?,17?,20-/m1/s1. The lowest BCUT2D eigenvalue weighted by molar-refractivity contribution is -0.182. The molecule has 0 unspecified atom stereocenters. The Labute approximate surface area is 204 Å². The van der Waals surface area contributed by atoms with Crippen molar-refractivity contribution >= 4 is 11.7 Å². The molecule has 7 nitrogen and oxygen atoms in total. The van der Waals surface area contributed by atoms with E-state index >= 15 is 0 Å². The lowest BCUT2D eigenvalue weighted by atomic mass is 9.80. The van der Waals surface area contributed by atoms with Crippen LogP contribution < -0.4 is 0 Å². The number of hydrogen-bond donors (Lipinski definition) is 0. The van der Waals surface area contributed by atoms with Gasteiger partial charge < -0.3 is 9.47 Å². The van der Waals surface area contributed by atoms with E-state index in [1.807, 2.05) is 53.7 Å². The minimum absolute atomic E-state index is 0.0343. The van der Waals surface area contributed by atoms with Crippen LogP contribution in [0, 0.1) is 12.8 Å². The predicted octanol–water partition coefficient (Wildman–Crippen LogP) is 5.96. The highest BCUT2D eigenvalue weighted by atomic mass is 19.4. The van der Waals surface area contributed by atoms with Crippen molar-refractivity contribution in [1.29, 1.82) is 0 Å². The van der Waals surface area contributed by atoms with E-state index < -0.39 is 35.4 Å². The van der Waals surface area contributed by atoms with Gasteiger partial charge in [0.2, 0.25) is 0 Å². The fraction of sp³-hybridized carbons (Fsp3) is 0.720. The van der Waals surface area contributed by atoms with Gasteiger partial charge in [0, 0.05) is 17.7 Å². The molecule has 10 heteroatoms. The van der Waals surface area contributed by atoms with Crippen LogP contribution in [0.3, 0.4) is 0 Å². The number of fused-ring (bicyclic) bond motifs is 1. The Bertz CT molecular complexity index is 1080. The van der Waals surface area contributed by atoms with Crippen molar-refractivity contribution < 1.29 is 27.4 Å². The molecule has 1 saturated heterocycles. The third-order valence-electron chi connectivity index (χ3n) is 6.87. The summed E-state index contributed by atoms with van der Waals surface area (Å²) >= 11 is 0. The Hall–Kier alpha value is -2.36. The van der Waals surface area contributed by atoms with E-state index in [2.05, 4.69) is 4.98 Å². The Morgan fingerprint density at radius 1 is 1.14 bits per heavy atom. The van der Waals surface area contributed by atoms with Gasteiger partial charge in [0.15, 0.2) is 5.65 Å². The summed E-state index contributed by atoms with van der Waals surface area (Å²) in [7, 11) is 0. The van der Waals surface area contributed by atoms with Crippen LogP contribution >= 0.6 is 0 Å². The molecule has 194 valence electrons. The summed E-state index contributed by atoms with van der Waals surface area (Å²) in [6.45, 7) is 11.8. The summed E-state index contributed by atoms with van der Waals surface area (Å²) in [5, 5.41) is 4.76. The summed E-state index contributed by atoms with van der Waals surface area (Å²) in [4.78, 5) is 19.3. The highest BCUT2D eigenvalue weighted by Gasteiger charge is 2.43. The number of alkyl halides is 3. The van der Waals surface area contributed by atoms with Gasteiger partial charge in [0.1, 0.15) is 11.7 Å². The highest BCUT2D eigenvalue weighted by molar-refractivity contribution is 5.69. The van der Waals surface area contributed by atoms with Crippen LogP contribution in [-0.4, -0.2) is 56.1 Å². The maximum atomic E-state index is 13.1. The molecular formula is C25H35F3N4O3. The zero-order valence-electron chi connectivity index (χ0n) is 21.3. The van der Waals surface area contributed by atoms with E-state index in [9.17, 15) is 18.0 Å². The Morgan fingerprint density at radius 2 is 1.80 bits per heavy atom. The first-order valence-corrected chi connectivity index (χ1v) is 12.2. The molecule has 1 saturated carbocycles. The van der Waals surface area contributed by atoms with E-state index in [-0.39, 0.29) is 25.3 Å². The first-order valence-electron chi connectivity index (χ1n) is 12.2.